The van der Waals surface area contributed by atoms with Crippen LogP contribution in [-0.2, 0) is 25.2 Å². The molecule has 5 rings (SSSR count). The number of benzene rings is 1. The monoisotopic (exact) mass is 463 g/mol. The fourth-order valence-electron chi connectivity index (χ4n) is 6.04. The lowest BCUT2D eigenvalue weighted by molar-refractivity contribution is -0.138. The average Bonchev–Trinajstić information content (AvgIpc) is 3.37. The number of imide groups is 1. The van der Waals surface area contributed by atoms with Gasteiger partial charge in [0.25, 0.3) is 0 Å². The molecule has 4 aliphatic rings. The summed E-state index contributed by atoms with van der Waals surface area (Å²) in [5.74, 6) is -2.50. The van der Waals surface area contributed by atoms with Gasteiger partial charge in [-0.05, 0) is 44.4 Å². The molecule has 1 aromatic carbocycles. The van der Waals surface area contributed by atoms with E-state index in [0.717, 1.165) is 30.1 Å². The number of nitriles is 1. The molecule has 0 aromatic heterocycles. The number of halogens is 3. The molecular formula is C23H24F3N3O4. The summed E-state index contributed by atoms with van der Waals surface area (Å²) < 4.78 is 52.2. The van der Waals surface area contributed by atoms with Crippen LogP contribution in [0.25, 0.3) is 0 Å². The van der Waals surface area contributed by atoms with Gasteiger partial charge in [-0.1, -0.05) is 0 Å². The van der Waals surface area contributed by atoms with Crippen molar-refractivity contribution in [1.82, 2.24) is 4.90 Å². The Morgan fingerprint density at radius 1 is 1.15 bits per heavy atom. The number of rotatable bonds is 4. The number of anilines is 1. The van der Waals surface area contributed by atoms with Crippen molar-refractivity contribution in [3.63, 3.8) is 0 Å². The minimum atomic E-state index is -4.78. The summed E-state index contributed by atoms with van der Waals surface area (Å²) in [4.78, 5) is 30.1. The zero-order valence-electron chi connectivity index (χ0n) is 18.2. The summed E-state index contributed by atoms with van der Waals surface area (Å²) in [5.41, 5.74) is -3.50. The van der Waals surface area contributed by atoms with Crippen LogP contribution in [0.15, 0.2) is 18.2 Å². The Labute approximate surface area is 189 Å². The molecule has 176 valence electrons. The molecule has 0 saturated carbocycles. The first-order valence-corrected chi connectivity index (χ1v) is 11.1. The summed E-state index contributed by atoms with van der Waals surface area (Å²) in [6.45, 7) is 5.37. The van der Waals surface area contributed by atoms with Gasteiger partial charge in [-0.15, -0.1) is 0 Å². The van der Waals surface area contributed by atoms with E-state index >= 15 is 0 Å². The predicted octanol–water partition coefficient (Wildman–Crippen LogP) is 2.73. The first kappa shape index (κ1) is 22.3. The van der Waals surface area contributed by atoms with Gasteiger partial charge < -0.3 is 9.47 Å². The normalized spacial score (nSPS) is 34.1. The van der Waals surface area contributed by atoms with Gasteiger partial charge in [0.2, 0.25) is 11.8 Å². The van der Waals surface area contributed by atoms with Gasteiger partial charge in [-0.2, -0.15) is 18.4 Å². The Morgan fingerprint density at radius 3 is 2.52 bits per heavy atom. The van der Waals surface area contributed by atoms with E-state index in [-0.39, 0.29) is 5.69 Å². The second-order valence-electron chi connectivity index (χ2n) is 9.49. The van der Waals surface area contributed by atoms with Crippen molar-refractivity contribution in [2.45, 2.75) is 43.6 Å². The topological polar surface area (TPSA) is 82.9 Å². The average molecular weight is 463 g/mol. The molecule has 10 heteroatoms. The van der Waals surface area contributed by atoms with Crippen molar-refractivity contribution < 1.29 is 32.2 Å². The molecule has 0 N–H and O–H groups in total. The van der Waals surface area contributed by atoms with Crippen molar-refractivity contribution in [2.75, 3.05) is 37.7 Å². The predicted molar refractivity (Wildman–Crippen MR) is 109 cm³/mol. The number of nitrogens with zero attached hydrogens (tertiary/aromatic N) is 3. The van der Waals surface area contributed by atoms with E-state index in [0.29, 0.717) is 39.0 Å². The molecule has 2 bridgehead atoms. The van der Waals surface area contributed by atoms with Crippen LogP contribution >= 0.6 is 0 Å². The fourth-order valence-corrected chi connectivity index (χ4v) is 6.04. The van der Waals surface area contributed by atoms with E-state index in [1.807, 2.05) is 6.92 Å². The molecule has 4 heterocycles. The number of amides is 2. The number of alkyl halides is 3. The Balaban J connectivity index is 1.47. The molecule has 0 radical (unpaired) electrons. The number of fused-ring (bicyclic) bond motifs is 5. The van der Waals surface area contributed by atoms with Crippen LogP contribution in [0.2, 0.25) is 0 Å². The lowest BCUT2D eigenvalue weighted by atomic mass is 9.67. The van der Waals surface area contributed by atoms with Crippen LogP contribution in [0, 0.1) is 23.2 Å². The molecule has 4 aliphatic heterocycles. The first-order valence-electron chi connectivity index (χ1n) is 11.1. The minimum Gasteiger partial charge on any atom is -0.379 e. The summed E-state index contributed by atoms with van der Waals surface area (Å²) in [5, 5.41) is 9.06. The smallest absolute Gasteiger partial charge is 0.379 e. The largest absolute Gasteiger partial charge is 0.417 e. The molecule has 1 aromatic rings. The number of carbonyl (C=O) groups is 2. The van der Waals surface area contributed by atoms with Crippen LogP contribution < -0.4 is 4.90 Å². The second kappa shape index (κ2) is 7.52. The molecule has 0 spiro atoms. The van der Waals surface area contributed by atoms with E-state index in [4.69, 9.17) is 14.7 Å². The van der Waals surface area contributed by atoms with Crippen LogP contribution in [0.4, 0.5) is 18.9 Å². The number of carbonyl (C=O) groups excluding carboxylic acids is 2. The van der Waals surface area contributed by atoms with Crippen molar-refractivity contribution in [2.24, 2.45) is 11.8 Å². The number of hydrogen-bond donors (Lipinski definition) is 0. The van der Waals surface area contributed by atoms with Gasteiger partial charge in [-0.3, -0.25) is 14.5 Å². The lowest BCUT2D eigenvalue weighted by Gasteiger charge is -2.34. The van der Waals surface area contributed by atoms with Gasteiger partial charge >= 0.3 is 6.18 Å². The first-order chi connectivity index (χ1) is 15.6. The summed E-state index contributed by atoms with van der Waals surface area (Å²) in [6, 6.07) is 4.49. The summed E-state index contributed by atoms with van der Waals surface area (Å²) >= 11 is 0. The Bertz CT molecular complexity index is 1050. The Hall–Kier alpha value is -2.48. The quantitative estimate of drug-likeness (QED) is 0.639. The maximum atomic E-state index is 13.5. The maximum Gasteiger partial charge on any atom is 0.417 e. The van der Waals surface area contributed by atoms with E-state index in [9.17, 15) is 22.8 Å². The zero-order valence-corrected chi connectivity index (χ0v) is 18.2. The third kappa shape index (κ3) is 3.36. The van der Waals surface area contributed by atoms with Crippen molar-refractivity contribution >= 4 is 17.5 Å². The van der Waals surface area contributed by atoms with Gasteiger partial charge in [0.1, 0.15) is 0 Å². The molecule has 4 saturated heterocycles. The Morgan fingerprint density at radius 2 is 1.85 bits per heavy atom. The molecule has 4 fully saturated rings. The van der Waals surface area contributed by atoms with Crippen LogP contribution in [0.3, 0.4) is 0 Å². The van der Waals surface area contributed by atoms with Crippen LogP contribution in [-0.4, -0.2) is 60.8 Å². The molecule has 4 atom stereocenters. The number of morpholine rings is 1. The van der Waals surface area contributed by atoms with Crippen molar-refractivity contribution in [1.29, 1.82) is 5.26 Å². The molecule has 0 aliphatic carbocycles. The van der Waals surface area contributed by atoms with Crippen molar-refractivity contribution in [3.8, 4) is 6.07 Å². The highest BCUT2D eigenvalue weighted by atomic mass is 19.4. The van der Waals surface area contributed by atoms with Gasteiger partial charge in [-0.25, -0.2) is 4.90 Å². The van der Waals surface area contributed by atoms with Crippen LogP contribution in [0.1, 0.15) is 37.3 Å². The Kier molecular flexibility index (Phi) is 5.08. The highest BCUT2D eigenvalue weighted by Crippen LogP contribution is 2.62. The van der Waals surface area contributed by atoms with Crippen molar-refractivity contribution in [3.05, 3.63) is 29.3 Å². The van der Waals surface area contributed by atoms with E-state index in [1.165, 1.54) is 12.1 Å². The highest BCUT2D eigenvalue weighted by Gasteiger charge is 2.73. The summed E-state index contributed by atoms with van der Waals surface area (Å²) in [7, 11) is 0. The highest BCUT2D eigenvalue weighted by molar-refractivity contribution is 6.23. The lowest BCUT2D eigenvalue weighted by Crippen LogP contribution is -2.46. The van der Waals surface area contributed by atoms with E-state index in [2.05, 4.69) is 4.90 Å². The third-order valence-electron chi connectivity index (χ3n) is 7.65. The van der Waals surface area contributed by atoms with Gasteiger partial charge in [0.15, 0.2) is 0 Å². The standard InChI is InChI=1S/C23H24F3N3O4/c1-21-4-5-22(33-21,6-7-28-8-10-32-11-9-28)18-17(21)19(30)29(20(18)31)15-3-2-14(13-27)16(12-15)23(24,25)26/h2-3,12,17-18H,4-11H2,1H3/t17-,18+,21-,22-/m0/s1. The van der Waals surface area contributed by atoms with Gasteiger partial charge in [0, 0.05) is 19.6 Å². The van der Waals surface area contributed by atoms with E-state index < -0.39 is 52.2 Å². The number of hydrogen-bond acceptors (Lipinski definition) is 6. The second-order valence-corrected chi connectivity index (χ2v) is 9.49. The molecular weight excluding hydrogens is 439 g/mol. The maximum absolute atomic E-state index is 13.5. The zero-order chi connectivity index (χ0) is 23.6. The number of ether oxygens (including phenoxy) is 2. The molecule has 0 unspecified atom stereocenters. The van der Waals surface area contributed by atoms with E-state index in [1.54, 1.807) is 0 Å². The van der Waals surface area contributed by atoms with Crippen LogP contribution in [0.5, 0.6) is 0 Å². The SMILES string of the molecule is C[C@@]12CC[C@@](CCN3CCOCC3)(O1)[C@H]1C(=O)N(c3ccc(C#N)c(C(F)(F)F)c3)C(=O)[C@H]12. The minimum absolute atomic E-state index is 0.156. The fraction of sp³-hybridized carbons (Fsp3) is 0.609. The van der Waals surface area contributed by atoms with Gasteiger partial charge in [0.05, 0.1) is 59.1 Å². The molecule has 2 amide bonds. The third-order valence-corrected chi connectivity index (χ3v) is 7.65. The molecule has 7 nitrogen and oxygen atoms in total. The molecule has 33 heavy (non-hydrogen) atoms. The summed E-state index contributed by atoms with van der Waals surface area (Å²) in [6.07, 6.45) is -2.97.